The minimum Gasteiger partial charge on any atom is -0.478 e. The summed E-state index contributed by atoms with van der Waals surface area (Å²) in [5.41, 5.74) is 0.133. The highest BCUT2D eigenvalue weighted by Crippen LogP contribution is 2.30. The zero-order valence-corrected chi connectivity index (χ0v) is 11.2. The summed E-state index contributed by atoms with van der Waals surface area (Å²) in [6, 6.07) is 10.4. The minimum absolute atomic E-state index is 0.0303. The lowest BCUT2D eigenvalue weighted by molar-refractivity contribution is -0.129. The zero-order chi connectivity index (χ0) is 15.0. The van der Waals surface area contributed by atoms with Gasteiger partial charge in [-0.05, 0) is 29.3 Å². The molecule has 5 nitrogen and oxygen atoms in total. The van der Waals surface area contributed by atoms with Crippen LogP contribution in [0.5, 0.6) is 0 Å². The fourth-order valence-electron chi connectivity index (χ4n) is 2.61. The van der Waals surface area contributed by atoms with Gasteiger partial charge in [0.05, 0.1) is 11.3 Å². The fraction of sp³-hybridized carbons (Fsp3) is 0.188. The van der Waals surface area contributed by atoms with Crippen LogP contribution in [0.1, 0.15) is 29.6 Å². The molecular formula is C16H13NO4. The first-order valence-corrected chi connectivity index (χ1v) is 6.70. The van der Waals surface area contributed by atoms with Crippen molar-refractivity contribution in [1.29, 1.82) is 0 Å². The molecule has 0 unspecified atom stereocenters. The monoisotopic (exact) mass is 283 g/mol. The standard InChI is InChI=1S/C16H13NO4/c18-14-6-3-7-15(19)17(14)13-9-11-5-2-1-4-10(11)8-12(13)16(20)21/h1-2,4-5,8-9H,3,6-7H2,(H,20,21). The Morgan fingerprint density at radius 3 is 2.14 bits per heavy atom. The van der Waals surface area contributed by atoms with E-state index in [1.165, 1.54) is 6.07 Å². The third kappa shape index (κ3) is 2.27. The Morgan fingerprint density at radius 2 is 1.57 bits per heavy atom. The number of carboxylic acid groups (broad SMARTS) is 1. The molecule has 1 fully saturated rings. The number of aromatic carboxylic acids is 1. The molecule has 1 N–H and O–H groups in total. The molecule has 1 heterocycles. The van der Waals surface area contributed by atoms with Gasteiger partial charge >= 0.3 is 5.97 Å². The van der Waals surface area contributed by atoms with Crippen molar-refractivity contribution in [3.8, 4) is 0 Å². The molecule has 0 radical (unpaired) electrons. The average molecular weight is 283 g/mol. The lowest BCUT2D eigenvalue weighted by Gasteiger charge is -2.26. The highest BCUT2D eigenvalue weighted by atomic mass is 16.4. The van der Waals surface area contributed by atoms with Gasteiger partial charge in [0.15, 0.2) is 0 Å². The number of rotatable bonds is 2. The van der Waals surface area contributed by atoms with E-state index in [1.807, 2.05) is 18.2 Å². The Hall–Kier alpha value is -2.69. The van der Waals surface area contributed by atoms with Crippen LogP contribution in [0, 0.1) is 0 Å². The normalized spacial score (nSPS) is 15.5. The first-order valence-electron chi connectivity index (χ1n) is 6.70. The Kier molecular flexibility index (Phi) is 3.17. The molecule has 0 aliphatic carbocycles. The van der Waals surface area contributed by atoms with Gasteiger partial charge in [0.1, 0.15) is 0 Å². The highest BCUT2D eigenvalue weighted by Gasteiger charge is 2.30. The van der Waals surface area contributed by atoms with Crippen LogP contribution in [0.2, 0.25) is 0 Å². The maximum Gasteiger partial charge on any atom is 0.337 e. The number of carbonyl (C=O) groups is 3. The summed E-state index contributed by atoms with van der Waals surface area (Å²) in [5.74, 6) is -1.84. The molecule has 1 aliphatic rings. The minimum atomic E-state index is -1.15. The summed E-state index contributed by atoms with van der Waals surface area (Å²) in [7, 11) is 0. The molecular weight excluding hydrogens is 270 g/mol. The lowest BCUT2D eigenvalue weighted by atomic mass is 10.0. The molecule has 1 aliphatic heterocycles. The third-order valence-corrected chi connectivity index (χ3v) is 3.62. The van der Waals surface area contributed by atoms with E-state index < -0.39 is 5.97 Å². The Balaban J connectivity index is 2.24. The summed E-state index contributed by atoms with van der Waals surface area (Å²) in [6.07, 6.45) is 1.04. The van der Waals surface area contributed by atoms with Crippen LogP contribution in [0.4, 0.5) is 5.69 Å². The smallest absolute Gasteiger partial charge is 0.337 e. The summed E-state index contributed by atoms with van der Waals surface area (Å²) in [4.78, 5) is 36.5. The molecule has 0 spiro atoms. The highest BCUT2D eigenvalue weighted by molar-refractivity contribution is 6.19. The number of hydrogen-bond donors (Lipinski definition) is 1. The first kappa shape index (κ1) is 13.3. The van der Waals surface area contributed by atoms with Gasteiger partial charge in [-0.15, -0.1) is 0 Å². The van der Waals surface area contributed by atoms with Crippen molar-refractivity contribution in [2.45, 2.75) is 19.3 Å². The summed E-state index contributed by atoms with van der Waals surface area (Å²) >= 11 is 0. The number of piperidine rings is 1. The Labute approximate surface area is 120 Å². The van der Waals surface area contributed by atoms with Gasteiger partial charge in [-0.3, -0.25) is 9.59 Å². The predicted molar refractivity (Wildman–Crippen MR) is 77.3 cm³/mol. The van der Waals surface area contributed by atoms with Gasteiger partial charge in [0, 0.05) is 12.8 Å². The summed E-state index contributed by atoms with van der Waals surface area (Å²) in [5, 5.41) is 10.9. The summed E-state index contributed by atoms with van der Waals surface area (Å²) < 4.78 is 0. The van der Waals surface area contributed by atoms with E-state index in [4.69, 9.17) is 0 Å². The van der Waals surface area contributed by atoms with Crippen molar-refractivity contribution in [2.24, 2.45) is 0 Å². The van der Waals surface area contributed by atoms with E-state index in [-0.39, 0.29) is 35.9 Å². The van der Waals surface area contributed by atoms with Gasteiger partial charge in [0.2, 0.25) is 11.8 Å². The largest absolute Gasteiger partial charge is 0.478 e. The van der Waals surface area contributed by atoms with Gasteiger partial charge in [0.25, 0.3) is 0 Å². The fourth-order valence-corrected chi connectivity index (χ4v) is 2.61. The second kappa shape index (κ2) is 5.01. The molecule has 0 bridgehead atoms. The van der Waals surface area contributed by atoms with E-state index in [2.05, 4.69) is 0 Å². The number of imide groups is 1. The maximum atomic E-state index is 12.0. The van der Waals surface area contributed by atoms with Crippen LogP contribution >= 0.6 is 0 Å². The number of hydrogen-bond acceptors (Lipinski definition) is 3. The van der Waals surface area contributed by atoms with Crippen LogP contribution in [-0.2, 0) is 9.59 Å². The van der Waals surface area contributed by atoms with Gasteiger partial charge < -0.3 is 5.11 Å². The SMILES string of the molecule is O=C(O)c1cc2ccccc2cc1N1C(=O)CCCC1=O. The van der Waals surface area contributed by atoms with Crippen molar-refractivity contribution >= 4 is 34.2 Å². The van der Waals surface area contributed by atoms with Gasteiger partial charge in [-0.25, -0.2) is 9.69 Å². The number of amides is 2. The average Bonchev–Trinajstić information content (AvgIpc) is 2.46. The van der Waals surface area contributed by atoms with Crippen molar-refractivity contribution in [2.75, 3.05) is 4.90 Å². The van der Waals surface area contributed by atoms with E-state index in [0.717, 1.165) is 15.7 Å². The number of nitrogens with zero attached hydrogens (tertiary/aromatic N) is 1. The van der Waals surface area contributed by atoms with Crippen molar-refractivity contribution in [1.82, 2.24) is 0 Å². The quantitative estimate of drug-likeness (QED) is 0.859. The van der Waals surface area contributed by atoms with Crippen LogP contribution in [0.25, 0.3) is 10.8 Å². The van der Waals surface area contributed by atoms with E-state index >= 15 is 0 Å². The number of carboxylic acids is 1. The van der Waals surface area contributed by atoms with Gasteiger partial charge in [-0.1, -0.05) is 24.3 Å². The molecule has 0 atom stereocenters. The molecule has 106 valence electrons. The molecule has 0 aromatic heterocycles. The molecule has 2 aromatic rings. The molecule has 3 rings (SSSR count). The zero-order valence-electron chi connectivity index (χ0n) is 11.2. The lowest BCUT2D eigenvalue weighted by Crippen LogP contribution is -2.41. The topological polar surface area (TPSA) is 74.7 Å². The van der Waals surface area contributed by atoms with Crippen LogP contribution in [-0.4, -0.2) is 22.9 Å². The van der Waals surface area contributed by atoms with E-state index in [9.17, 15) is 19.5 Å². The van der Waals surface area contributed by atoms with Crippen LogP contribution in [0.3, 0.4) is 0 Å². The van der Waals surface area contributed by atoms with E-state index in [1.54, 1.807) is 12.1 Å². The molecule has 0 saturated carbocycles. The number of benzene rings is 2. The summed E-state index contributed by atoms with van der Waals surface area (Å²) in [6.45, 7) is 0. The van der Waals surface area contributed by atoms with Crippen molar-refractivity contribution < 1.29 is 19.5 Å². The maximum absolute atomic E-state index is 12.0. The predicted octanol–water partition coefficient (Wildman–Crippen LogP) is 2.58. The molecule has 5 heteroatoms. The molecule has 2 aromatic carbocycles. The molecule has 1 saturated heterocycles. The molecule has 2 amide bonds. The number of anilines is 1. The van der Waals surface area contributed by atoms with E-state index in [0.29, 0.717) is 6.42 Å². The third-order valence-electron chi connectivity index (χ3n) is 3.62. The van der Waals surface area contributed by atoms with Crippen molar-refractivity contribution in [3.63, 3.8) is 0 Å². The number of fused-ring (bicyclic) bond motifs is 1. The second-order valence-corrected chi connectivity index (χ2v) is 5.00. The first-order chi connectivity index (χ1) is 10.1. The number of carbonyl (C=O) groups excluding carboxylic acids is 2. The molecule has 21 heavy (non-hydrogen) atoms. The van der Waals surface area contributed by atoms with Gasteiger partial charge in [-0.2, -0.15) is 0 Å². The second-order valence-electron chi connectivity index (χ2n) is 5.00. The Morgan fingerprint density at radius 1 is 1.00 bits per heavy atom. The van der Waals surface area contributed by atoms with Crippen LogP contribution < -0.4 is 4.90 Å². The van der Waals surface area contributed by atoms with Crippen LogP contribution in [0.15, 0.2) is 36.4 Å². The van der Waals surface area contributed by atoms with Crippen molar-refractivity contribution in [3.05, 3.63) is 42.0 Å². The Bertz CT molecular complexity index is 750.